The largest absolute Gasteiger partial charge is 0.375 e. The highest BCUT2D eigenvalue weighted by molar-refractivity contribution is 4.85. The summed E-state index contributed by atoms with van der Waals surface area (Å²) in [6, 6.07) is 0.658. The van der Waals surface area contributed by atoms with Gasteiger partial charge in [-0.25, -0.2) is 0 Å². The maximum Gasteiger partial charge on any atom is 0.0666 e. The monoisotopic (exact) mass is 268 g/mol. The maximum absolute atomic E-state index is 5.91. The van der Waals surface area contributed by atoms with Crippen molar-refractivity contribution in [2.24, 2.45) is 0 Å². The molecular formula is C16H32N2O. The molecule has 0 saturated carbocycles. The van der Waals surface area contributed by atoms with E-state index in [4.69, 9.17) is 4.74 Å². The Morgan fingerprint density at radius 2 is 1.95 bits per heavy atom. The van der Waals surface area contributed by atoms with Gasteiger partial charge in [0.05, 0.1) is 5.60 Å². The van der Waals surface area contributed by atoms with E-state index < -0.39 is 0 Å². The molecule has 2 aliphatic heterocycles. The van der Waals surface area contributed by atoms with E-state index in [-0.39, 0.29) is 5.60 Å². The highest BCUT2D eigenvalue weighted by atomic mass is 16.5. The number of ether oxygens (including phenoxy) is 1. The van der Waals surface area contributed by atoms with Crippen molar-refractivity contribution in [2.75, 3.05) is 32.8 Å². The average molecular weight is 268 g/mol. The Morgan fingerprint density at radius 1 is 1.21 bits per heavy atom. The predicted octanol–water partition coefficient (Wildman–Crippen LogP) is 2.80. The van der Waals surface area contributed by atoms with Crippen molar-refractivity contribution >= 4 is 0 Å². The smallest absolute Gasteiger partial charge is 0.0666 e. The van der Waals surface area contributed by atoms with E-state index in [0.717, 1.165) is 19.6 Å². The quantitative estimate of drug-likeness (QED) is 0.830. The summed E-state index contributed by atoms with van der Waals surface area (Å²) in [5.74, 6) is 0. The fourth-order valence-corrected chi connectivity index (χ4v) is 3.34. The molecule has 3 nitrogen and oxygen atoms in total. The van der Waals surface area contributed by atoms with Gasteiger partial charge in [-0.2, -0.15) is 0 Å². The lowest BCUT2D eigenvalue weighted by molar-refractivity contribution is -0.0779. The summed E-state index contributed by atoms with van der Waals surface area (Å²) in [5.41, 5.74) is 0.110. The summed E-state index contributed by atoms with van der Waals surface area (Å²) in [6.45, 7) is 10.4. The normalized spacial score (nSPS) is 34.1. The van der Waals surface area contributed by atoms with Gasteiger partial charge >= 0.3 is 0 Å². The topological polar surface area (TPSA) is 24.5 Å². The van der Waals surface area contributed by atoms with Crippen LogP contribution in [-0.2, 0) is 4.74 Å². The van der Waals surface area contributed by atoms with E-state index >= 15 is 0 Å². The van der Waals surface area contributed by atoms with Gasteiger partial charge in [0.15, 0.2) is 0 Å². The summed E-state index contributed by atoms with van der Waals surface area (Å²) >= 11 is 0. The van der Waals surface area contributed by atoms with Crippen LogP contribution in [0.15, 0.2) is 0 Å². The van der Waals surface area contributed by atoms with E-state index in [2.05, 4.69) is 24.1 Å². The van der Waals surface area contributed by atoms with E-state index in [1.165, 1.54) is 58.2 Å². The molecule has 0 aromatic heterocycles. The second kappa shape index (κ2) is 7.61. The standard InChI is InChI=1S/C16H32N2O/c1-3-16(2)14-15(8-13-19-16)17-9-12-18-10-6-4-5-7-11-18/h15,17H,3-14H2,1-2H3. The molecule has 2 unspecified atom stereocenters. The SMILES string of the molecule is CCC1(C)CC(NCCN2CCCCCC2)CCO1. The van der Waals surface area contributed by atoms with Crippen LogP contribution in [0.25, 0.3) is 0 Å². The minimum atomic E-state index is 0.110. The highest BCUT2D eigenvalue weighted by Gasteiger charge is 2.31. The van der Waals surface area contributed by atoms with Gasteiger partial charge < -0.3 is 15.0 Å². The Hall–Kier alpha value is -0.120. The van der Waals surface area contributed by atoms with Crippen LogP contribution in [0.1, 0.15) is 58.8 Å². The van der Waals surface area contributed by atoms with Crippen LogP contribution in [0.5, 0.6) is 0 Å². The Labute approximate surface area is 119 Å². The van der Waals surface area contributed by atoms with Crippen molar-refractivity contribution in [1.82, 2.24) is 10.2 Å². The first-order valence-corrected chi connectivity index (χ1v) is 8.31. The molecule has 19 heavy (non-hydrogen) atoms. The molecule has 0 aliphatic carbocycles. The molecule has 0 bridgehead atoms. The Balaban J connectivity index is 1.64. The number of hydrogen-bond donors (Lipinski definition) is 1. The minimum Gasteiger partial charge on any atom is -0.375 e. The van der Waals surface area contributed by atoms with Crippen molar-refractivity contribution in [1.29, 1.82) is 0 Å². The lowest BCUT2D eigenvalue weighted by Crippen LogP contribution is -2.46. The number of nitrogens with one attached hydrogen (secondary N) is 1. The Morgan fingerprint density at radius 3 is 2.63 bits per heavy atom. The molecule has 2 rings (SSSR count). The third kappa shape index (κ3) is 5.05. The highest BCUT2D eigenvalue weighted by Crippen LogP contribution is 2.27. The Kier molecular flexibility index (Phi) is 6.11. The molecule has 2 heterocycles. The van der Waals surface area contributed by atoms with Crippen LogP contribution in [0.3, 0.4) is 0 Å². The zero-order valence-electron chi connectivity index (χ0n) is 12.9. The van der Waals surface area contributed by atoms with Gasteiger partial charge in [0.2, 0.25) is 0 Å². The second-order valence-corrected chi connectivity index (χ2v) is 6.55. The van der Waals surface area contributed by atoms with Crippen LogP contribution < -0.4 is 5.32 Å². The molecule has 0 spiro atoms. The third-order valence-electron chi connectivity index (χ3n) is 4.90. The molecule has 2 aliphatic rings. The minimum absolute atomic E-state index is 0.110. The molecule has 0 aromatic rings. The predicted molar refractivity (Wildman–Crippen MR) is 80.6 cm³/mol. The van der Waals surface area contributed by atoms with E-state index in [1.54, 1.807) is 0 Å². The van der Waals surface area contributed by atoms with Gasteiger partial charge in [-0.15, -0.1) is 0 Å². The molecule has 3 heteroatoms. The molecular weight excluding hydrogens is 236 g/mol. The van der Waals surface area contributed by atoms with Gasteiger partial charge in [-0.1, -0.05) is 19.8 Å². The zero-order chi connectivity index (χ0) is 13.6. The third-order valence-corrected chi connectivity index (χ3v) is 4.90. The van der Waals surface area contributed by atoms with Crippen LogP contribution in [0.2, 0.25) is 0 Å². The van der Waals surface area contributed by atoms with Crippen molar-refractivity contribution < 1.29 is 4.74 Å². The number of rotatable bonds is 5. The van der Waals surface area contributed by atoms with E-state index in [0.29, 0.717) is 6.04 Å². The lowest BCUT2D eigenvalue weighted by Gasteiger charge is -2.38. The van der Waals surface area contributed by atoms with Crippen LogP contribution >= 0.6 is 0 Å². The van der Waals surface area contributed by atoms with Crippen molar-refractivity contribution in [3.63, 3.8) is 0 Å². The molecule has 0 radical (unpaired) electrons. The second-order valence-electron chi connectivity index (χ2n) is 6.55. The lowest BCUT2D eigenvalue weighted by atomic mass is 9.90. The number of nitrogens with zero attached hydrogens (tertiary/aromatic N) is 1. The fraction of sp³-hybridized carbons (Fsp3) is 1.00. The van der Waals surface area contributed by atoms with Crippen LogP contribution in [0, 0.1) is 0 Å². The van der Waals surface area contributed by atoms with Crippen molar-refractivity contribution in [3.8, 4) is 0 Å². The summed E-state index contributed by atoms with van der Waals surface area (Å²) in [6.07, 6.45) is 9.12. The Bertz CT molecular complexity index is 251. The van der Waals surface area contributed by atoms with Gasteiger partial charge in [0.25, 0.3) is 0 Å². The van der Waals surface area contributed by atoms with Crippen molar-refractivity contribution in [2.45, 2.75) is 70.4 Å². The maximum atomic E-state index is 5.91. The van der Waals surface area contributed by atoms with Gasteiger partial charge in [0, 0.05) is 25.7 Å². The van der Waals surface area contributed by atoms with Crippen LogP contribution in [0.4, 0.5) is 0 Å². The summed E-state index contributed by atoms with van der Waals surface area (Å²) in [5, 5.41) is 3.76. The van der Waals surface area contributed by atoms with E-state index in [9.17, 15) is 0 Å². The van der Waals surface area contributed by atoms with Crippen molar-refractivity contribution in [3.05, 3.63) is 0 Å². The molecule has 0 aromatic carbocycles. The first-order valence-electron chi connectivity index (χ1n) is 8.31. The number of hydrogen-bond acceptors (Lipinski definition) is 3. The van der Waals surface area contributed by atoms with Gasteiger partial charge in [-0.05, 0) is 52.1 Å². The fourth-order valence-electron chi connectivity index (χ4n) is 3.34. The van der Waals surface area contributed by atoms with E-state index in [1.807, 2.05) is 0 Å². The first-order chi connectivity index (χ1) is 9.22. The average Bonchev–Trinajstić information content (AvgIpc) is 2.68. The molecule has 2 atom stereocenters. The van der Waals surface area contributed by atoms with Crippen LogP contribution in [-0.4, -0.2) is 49.3 Å². The zero-order valence-corrected chi connectivity index (χ0v) is 12.9. The molecule has 2 saturated heterocycles. The number of likely N-dealkylation sites (tertiary alicyclic amines) is 1. The molecule has 0 amide bonds. The summed E-state index contributed by atoms with van der Waals surface area (Å²) in [4.78, 5) is 2.64. The summed E-state index contributed by atoms with van der Waals surface area (Å²) in [7, 11) is 0. The van der Waals surface area contributed by atoms with Gasteiger partial charge in [-0.3, -0.25) is 0 Å². The molecule has 2 fully saturated rings. The molecule has 112 valence electrons. The molecule has 1 N–H and O–H groups in total. The van der Waals surface area contributed by atoms with Gasteiger partial charge in [0.1, 0.15) is 0 Å². The summed E-state index contributed by atoms with van der Waals surface area (Å²) < 4.78 is 5.91. The first kappa shape index (κ1) is 15.3.